The topological polar surface area (TPSA) is 76.1 Å². The third kappa shape index (κ3) is 5.65. The summed E-state index contributed by atoms with van der Waals surface area (Å²) in [4.78, 5) is 20.2. The lowest BCUT2D eigenvalue weighted by atomic mass is 10.2. The van der Waals surface area contributed by atoms with E-state index in [9.17, 15) is 4.79 Å². The number of ether oxygens (including phenoxy) is 1. The third-order valence-electron chi connectivity index (χ3n) is 2.56. The number of aromatic nitrogens is 2. The highest BCUT2D eigenvalue weighted by Gasteiger charge is 2.11. The number of hydrogen-bond donors (Lipinski definition) is 2. The van der Waals surface area contributed by atoms with Crippen molar-refractivity contribution in [1.82, 2.24) is 15.3 Å². The highest BCUT2D eigenvalue weighted by molar-refractivity contribution is 5.92. The zero-order chi connectivity index (χ0) is 14.1. The molecule has 0 spiro atoms. The number of nitrogens with zero attached hydrogens (tertiary/aromatic N) is 2. The quantitative estimate of drug-likeness (QED) is 0.745. The lowest BCUT2D eigenvalue weighted by Crippen LogP contribution is -2.34. The van der Waals surface area contributed by atoms with Crippen LogP contribution < -0.4 is 10.6 Å². The molecule has 1 unspecified atom stereocenters. The predicted molar refractivity (Wildman–Crippen MR) is 74.2 cm³/mol. The van der Waals surface area contributed by atoms with E-state index in [4.69, 9.17) is 4.74 Å². The molecule has 0 saturated heterocycles. The van der Waals surface area contributed by atoms with Crippen LogP contribution in [0.5, 0.6) is 0 Å². The summed E-state index contributed by atoms with van der Waals surface area (Å²) < 4.78 is 4.97. The van der Waals surface area contributed by atoms with Crippen molar-refractivity contribution in [1.29, 1.82) is 0 Å². The van der Waals surface area contributed by atoms with E-state index in [-0.39, 0.29) is 11.9 Å². The first-order valence-corrected chi connectivity index (χ1v) is 6.53. The molecular weight excluding hydrogens is 244 g/mol. The van der Waals surface area contributed by atoms with Gasteiger partial charge in [-0.2, -0.15) is 0 Å². The molecule has 0 bridgehead atoms. The minimum Gasteiger partial charge on any atom is -0.385 e. The maximum absolute atomic E-state index is 12.0. The van der Waals surface area contributed by atoms with Crippen LogP contribution in [-0.4, -0.2) is 42.2 Å². The predicted octanol–water partition coefficient (Wildman–Crippen LogP) is 1.45. The Balaban J connectivity index is 2.56. The summed E-state index contributed by atoms with van der Waals surface area (Å²) in [6.45, 7) is 5.42. The van der Waals surface area contributed by atoms with E-state index in [0.717, 1.165) is 19.4 Å². The molecule has 0 aromatic carbocycles. The fourth-order valence-corrected chi connectivity index (χ4v) is 1.48. The molecule has 0 aliphatic rings. The van der Waals surface area contributed by atoms with Crippen LogP contribution in [0.25, 0.3) is 0 Å². The van der Waals surface area contributed by atoms with Gasteiger partial charge in [0.2, 0.25) is 0 Å². The van der Waals surface area contributed by atoms with E-state index < -0.39 is 0 Å². The van der Waals surface area contributed by atoms with Crippen molar-refractivity contribution in [3.63, 3.8) is 0 Å². The number of anilines is 1. The first-order valence-electron chi connectivity index (χ1n) is 6.53. The summed E-state index contributed by atoms with van der Waals surface area (Å²) in [7, 11) is 1.64. The maximum atomic E-state index is 12.0. The molecule has 1 amide bonds. The molecule has 0 fully saturated rings. The Bertz CT molecular complexity index is 398. The Labute approximate surface area is 114 Å². The van der Waals surface area contributed by atoms with Gasteiger partial charge in [0.1, 0.15) is 11.5 Å². The molecule has 1 aromatic heterocycles. The molecule has 106 valence electrons. The summed E-state index contributed by atoms with van der Waals surface area (Å²) >= 11 is 0. The van der Waals surface area contributed by atoms with Crippen LogP contribution in [-0.2, 0) is 4.74 Å². The van der Waals surface area contributed by atoms with E-state index in [0.29, 0.717) is 18.1 Å². The molecule has 1 aromatic rings. The van der Waals surface area contributed by atoms with Gasteiger partial charge in [0.15, 0.2) is 0 Å². The second-order valence-electron chi connectivity index (χ2n) is 4.37. The van der Waals surface area contributed by atoms with Gasteiger partial charge in [-0.1, -0.05) is 6.92 Å². The number of rotatable bonds is 8. The van der Waals surface area contributed by atoms with E-state index in [1.54, 1.807) is 13.3 Å². The van der Waals surface area contributed by atoms with Crippen LogP contribution in [0.3, 0.4) is 0 Å². The number of carbonyl (C=O) groups excluding carboxylic acids is 1. The van der Waals surface area contributed by atoms with Gasteiger partial charge in [-0.25, -0.2) is 4.98 Å². The fourth-order valence-electron chi connectivity index (χ4n) is 1.48. The molecule has 19 heavy (non-hydrogen) atoms. The van der Waals surface area contributed by atoms with Crippen LogP contribution in [0.1, 0.15) is 37.2 Å². The highest BCUT2D eigenvalue weighted by atomic mass is 16.5. The molecule has 1 atom stereocenters. The van der Waals surface area contributed by atoms with Crippen LogP contribution in [0.4, 0.5) is 5.82 Å². The van der Waals surface area contributed by atoms with E-state index in [1.165, 1.54) is 6.20 Å². The summed E-state index contributed by atoms with van der Waals surface area (Å²) in [5.74, 6) is 0.412. The SMILES string of the molecule is CCCNc1cncc(C(=O)NC(C)CCOC)n1. The maximum Gasteiger partial charge on any atom is 0.271 e. The number of hydrogen-bond acceptors (Lipinski definition) is 5. The Morgan fingerprint density at radius 2 is 2.26 bits per heavy atom. The smallest absolute Gasteiger partial charge is 0.271 e. The minimum absolute atomic E-state index is 0.0431. The number of nitrogens with one attached hydrogen (secondary N) is 2. The van der Waals surface area contributed by atoms with Gasteiger partial charge in [0.25, 0.3) is 5.91 Å². The largest absolute Gasteiger partial charge is 0.385 e. The summed E-state index contributed by atoms with van der Waals surface area (Å²) in [6, 6.07) is 0.0431. The minimum atomic E-state index is -0.212. The van der Waals surface area contributed by atoms with Gasteiger partial charge in [0.05, 0.1) is 12.4 Å². The highest BCUT2D eigenvalue weighted by Crippen LogP contribution is 2.03. The Morgan fingerprint density at radius 3 is 2.95 bits per heavy atom. The zero-order valence-corrected chi connectivity index (χ0v) is 11.8. The van der Waals surface area contributed by atoms with Gasteiger partial charge < -0.3 is 15.4 Å². The van der Waals surface area contributed by atoms with Crippen LogP contribution in [0.15, 0.2) is 12.4 Å². The molecule has 6 heteroatoms. The molecule has 0 aliphatic carbocycles. The lowest BCUT2D eigenvalue weighted by Gasteiger charge is -2.13. The van der Waals surface area contributed by atoms with Crippen LogP contribution in [0, 0.1) is 0 Å². The van der Waals surface area contributed by atoms with Crippen molar-refractivity contribution < 1.29 is 9.53 Å². The normalized spacial score (nSPS) is 11.9. The van der Waals surface area contributed by atoms with Crippen molar-refractivity contribution in [3.8, 4) is 0 Å². The van der Waals surface area contributed by atoms with Crippen LogP contribution >= 0.6 is 0 Å². The van der Waals surface area contributed by atoms with E-state index in [2.05, 4.69) is 27.5 Å². The number of methoxy groups -OCH3 is 1. The van der Waals surface area contributed by atoms with Crippen molar-refractivity contribution in [2.45, 2.75) is 32.7 Å². The Morgan fingerprint density at radius 1 is 1.47 bits per heavy atom. The van der Waals surface area contributed by atoms with Gasteiger partial charge in [-0.15, -0.1) is 0 Å². The van der Waals surface area contributed by atoms with Gasteiger partial charge in [-0.05, 0) is 19.8 Å². The summed E-state index contributed by atoms with van der Waals surface area (Å²) in [6.07, 6.45) is 4.84. The number of carbonyl (C=O) groups is 1. The second-order valence-corrected chi connectivity index (χ2v) is 4.37. The Kier molecular flexibility index (Phi) is 6.81. The first kappa shape index (κ1) is 15.4. The average Bonchev–Trinajstić information content (AvgIpc) is 2.43. The molecule has 1 rings (SSSR count). The zero-order valence-electron chi connectivity index (χ0n) is 11.8. The van der Waals surface area contributed by atoms with Crippen molar-refractivity contribution >= 4 is 11.7 Å². The molecular formula is C13H22N4O2. The summed E-state index contributed by atoms with van der Waals surface area (Å²) in [5, 5.41) is 5.97. The first-order chi connectivity index (χ1) is 9.17. The monoisotopic (exact) mass is 266 g/mol. The van der Waals surface area contributed by atoms with E-state index >= 15 is 0 Å². The van der Waals surface area contributed by atoms with Crippen LogP contribution in [0.2, 0.25) is 0 Å². The summed E-state index contributed by atoms with van der Waals surface area (Å²) in [5.41, 5.74) is 0.324. The fraction of sp³-hybridized carbons (Fsp3) is 0.615. The average molecular weight is 266 g/mol. The van der Waals surface area contributed by atoms with E-state index in [1.807, 2.05) is 6.92 Å². The standard InChI is InChI=1S/C13H22N4O2/c1-4-6-15-12-9-14-8-11(17-12)13(18)16-10(2)5-7-19-3/h8-10H,4-7H2,1-3H3,(H,15,17)(H,16,18). The molecule has 0 saturated carbocycles. The Hall–Kier alpha value is -1.69. The molecule has 0 radical (unpaired) electrons. The molecule has 6 nitrogen and oxygen atoms in total. The lowest BCUT2D eigenvalue weighted by molar-refractivity contribution is 0.0924. The number of amides is 1. The van der Waals surface area contributed by atoms with Crippen molar-refractivity contribution in [2.75, 3.05) is 25.6 Å². The van der Waals surface area contributed by atoms with Gasteiger partial charge in [0, 0.05) is 26.3 Å². The second kappa shape index (κ2) is 8.42. The molecule has 2 N–H and O–H groups in total. The molecule has 1 heterocycles. The van der Waals surface area contributed by atoms with Gasteiger partial charge >= 0.3 is 0 Å². The third-order valence-corrected chi connectivity index (χ3v) is 2.56. The van der Waals surface area contributed by atoms with Gasteiger partial charge in [-0.3, -0.25) is 9.78 Å². The van der Waals surface area contributed by atoms with Crippen molar-refractivity contribution in [2.24, 2.45) is 0 Å². The molecule has 0 aliphatic heterocycles. The van der Waals surface area contributed by atoms with Crippen molar-refractivity contribution in [3.05, 3.63) is 18.1 Å².